The maximum atomic E-state index is 13.4. The van der Waals surface area contributed by atoms with Crippen LogP contribution in [0.5, 0.6) is 0 Å². The number of amides is 5. The number of carbonyl (C=O) groups is 4. The molecule has 5 amide bonds. The molecule has 7 heteroatoms. The number of barbiturate groups is 1. The first-order valence-electron chi connectivity index (χ1n) is 10.7. The Morgan fingerprint density at radius 2 is 1.15 bits per heavy atom. The molecule has 4 rings (SSSR count). The Bertz CT molecular complexity index is 1240. The molecule has 0 radical (unpaired) electrons. The van der Waals surface area contributed by atoms with Crippen molar-refractivity contribution < 1.29 is 19.2 Å². The maximum Gasteiger partial charge on any atom is 0.343 e. The van der Waals surface area contributed by atoms with Crippen molar-refractivity contribution >= 4 is 46.9 Å². The molecule has 1 saturated heterocycles. The molecule has 170 valence electrons. The fourth-order valence-electron chi connectivity index (χ4n) is 3.61. The number of nitrogens with one attached hydrogen (secondary N) is 1. The van der Waals surface area contributed by atoms with Gasteiger partial charge in [-0.3, -0.25) is 14.4 Å². The Kier molecular flexibility index (Phi) is 6.10. The third kappa shape index (κ3) is 4.49. The van der Waals surface area contributed by atoms with Crippen molar-refractivity contribution in [2.75, 3.05) is 15.1 Å². The quantitative estimate of drug-likeness (QED) is 0.452. The predicted octanol–water partition coefficient (Wildman–Crippen LogP) is 4.85. The van der Waals surface area contributed by atoms with Gasteiger partial charge in [0.05, 0.1) is 11.4 Å². The van der Waals surface area contributed by atoms with Crippen LogP contribution in [0.2, 0.25) is 0 Å². The summed E-state index contributed by atoms with van der Waals surface area (Å²) in [6.45, 7) is 5.22. The van der Waals surface area contributed by atoms with Gasteiger partial charge in [-0.25, -0.2) is 14.6 Å². The molecule has 1 aliphatic rings. The van der Waals surface area contributed by atoms with E-state index in [1.807, 2.05) is 13.8 Å². The summed E-state index contributed by atoms with van der Waals surface area (Å²) < 4.78 is 0. The summed E-state index contributed by atoms with van der Waals surface area (Å²) in [6.07, 6.45) is 1.46. The van der Waals surface area contributed by atoms with Crippen LogP contribution in [0.15, 0.2) is 78.4 Å². The smallest absolute Gasteiger partial charge is 0.326 e. The van der Waals surface area contributed by atoms with Gasteiger partial charge in [0.2, 0.25) is 5.91 Å². The van der Waals surface area contributed by atoms with E-state index >= 15 is 0 Å². The third-order valence-corrected chi connectivity index (χ3v) is 5.38. The monoisotopic (exact) mass is 453 g/mol. The Morgan fingerprint density at radius 1 is 0.706 bits per heavy atom. The van der Waals surface area contributed by atoms with Crippen molar-refractivity contribution in [3.05, 3.63) is 95.1 Å². The number of anilines is 3. The van der Waals surface area contributed by atoms with Gasteiger partial charge in [0.25, 0.3) is 11.8 Å². The van der Waals surface area contributed by atoms with Crippen LogP contribution in [0.4, 0.5) is 21.9 Å². The molecule has 34 heavy (non-hydrogen) atoms. The summed E-state index contributed by atoms with van der Waals surface area (Å²) in [5.74, 6) is -1.61. The van der Waals surface area contributed by atoms with E-state index in [0.717, 1.165) is 20.9 Å². The lowest BCUT2D eigenvalue weighted by Crippen LogP contribution is -2.57. The first-order valence-corrected chi connectivity index (χ1v) is 10.7. The average Bonchev–Trinajstić information content (AvgIpc) is 2.80. The van der Waals surface area contributed by atoms with E-state index in [-0.39, 0.29) is 11.5 Å². The molecule has 0 aromatic heterocycles. The number of hydrogen-bond donors (Lipinski definition) is 1. The zero-order valence-electron chi connectivity index (χ0n) is 19.0. The molecule has 3 aromatic rings. The molecule has 1 heterocycles. The molecule has 3 aromatic carbocycles. The van der Waals surface area contributed by atoms with Crippen molar-refractivity contribution in [1.29, 1.82) is 0 Å². The van der Waals surface area contributed by atoms with Crippen LogP contribution < -0.4 is 15.1 Å². The van der Waals surface area contributed by atoms with Crippen LogP contribution in [-0.4, -0.2) is 23.8 Å². The molecular formula is C27H23N3O4. The largest absolute Gasteiger partial charge is 0.343 e. The fraction of sp³-hybridized carbons (Fsp3) is 0.111. The minimum atomic E-state index is -0.735. The number of rotatable bonds is 4. The van der Waals surface area contributed by atoms with Crippen molar-refractivity contribution in [3.63, 3.8) is 0 Å². The van der Waals surface area contributed by atoms with Gasteiger partial charge >= 0.3 is 6.03 Å². The number of aryl methyl sites for hydroxylation is 2. The molecule has 0 atom stereocenters. The lowest BCUT2D eigenvalue weighted by Gasteiger charge is -2.34. The number of benzene rings is 3. The number of imide groups is 2. The van der Waals surface area contributed by atoms with Crippen molar-refractivity contribution in [2.45, 2.75) is 20.8 Å². The van der Waals surface area contributed by atoms with Gasteiger partial charge in [0, 0.05) is 12.6 Å². The first-order chi connectivity index (χ1) is 16.2. The van der Waals surface area contributed by atoms with Gasteiger partial charge in [0.15, 0.2) is 0 Å². The summed E-state index contributed by atoms with van der Waals surface area (Å²) in [6, 6.07) is 19.9. The van der Waals surface area contributed by atoms with Crippen molar-refractivity contribution in [3.8, 4) is 0 Å². The van der Waals surface area contributed by atoms with Crippen LogP contribution in [0, 0.1) is 13.8 Å². The second-order valence-corrected chi connectivity index (χ2v) is 8.10. The van der Waals surface area contributed by atoms with Gasteiger partial charge in [-0.15, -0.1) is 0 Å². The molecule has 0 unspecified atom stereocenters. The number of carbonyl (C=O) groups excluding carboxylic acids is 4. The SMILES string of the molecule is CC(=O)Nc1ccc(C=C2C(=O)N(c3ccc(C)cc3)C(=O)N(c3ccc(C)cc3)C2=O)cc1. The van der Waals surface area contributed by atoms with E-state index in [0.29, 0.717) is 22.6 Å². The molecular weight excluding hydrogens is 430 g/mol. The highest BCUT2D eigenvalue weighted by Crippen LogP contribution is 2.30. The summed E-state index contributed by atoms with van der Waals surface area (Å²) in [4.78, 5) is 53.5. The highest BCUT2D eigenvalue weighted by Gasteiger charge is 2.43. The van der Waals surface area contributed by atoms with E-state index < -0.39 is 17.8 Å². The van der Waals surface area contributed by atoms with Crippen LogP contribution in [0.3, 0.4) is 0 Å². The van der Waals surface area contributed by atoms with E-state index in [2.05, 4.69) is 5.32 Å². The Hall–Kier alpha value is -4.52. The Labute approximate surface area is 197 Å². The van der Waals surface area contributed by atoms with Gasteiger partial charge in [0.1, 0.15) is 5.57 Å². The predicted molar refractivity (Wildman–Crippen MR) is 131 cm³/mol. The molecule has 0 saturated carbocycles. The van der Waals surface area contributed by atoms with Crippen LogP contribution in [0.25, 0.3) is 6.08 Å². The van der Waals surface area contributed by atoms with E-state index in [1.54, 1.807) is 72.8 Å². The number of nitrogens with zero attached hydrogens (tertiary/aromatic N) is 2. The number of urea groups is 1. The summed E-state index contributed by atoms with van der Waals surface area (Å²) >= 11 is 0. The average molecular weight is 453 g/mol. The topological polar surface area (TPSA) is 86.8 Å². The molecule has 0 bridgehead atoms. The first kappa shape index (κ1) is 22.7. The van der Waals surface area contributed by atoms with Gasteiger partial charge in [-0.05, 0) is 61.9 Å². The Balaban J connectivity index is 1.80. The molecule has 0 aliphatic carbocycles. The summed E-state index contributed by atoms with van der Waals surface area (Å²) in [7, 11) is 0. The highest BCUT2D eigenvalue weighted by molar-refractivity contribution is 6.46. The van der Waals surface area contributed by atoms with E-state index in [1.165, 1.54) is 13.0 Å². The second kappa shape index (κ2) is 9.15. The minimum absolute atomic E-state index is 0.145. The highest BCUT2D eigenvalue weighted by atomic mass is 16.2. The van der Waals surface area contributed by atoms with E-state index in [4.69, 9.17) is 0 Å². The fourth-order valence-corrected chi connectivity index (χ4v) is 3.61. The van der Waals surface area contributed by atoms with Crippen molar-refractivity contribution in [2.24, 2.45) is 0 Å². The second-order valence-electron chi connectivity index (χ2n) is 8.10. The maximum absolute atomic E-state index is 13.4. The minimum Gasteiger partial charge on any atom is -0.326 e. The van der Waals surface area contributed by atoms with Crippen LogP contribution in [0.1, 0.15) is 23.6 Å². The van der Waals surface area contributed by atoms with Crippen LogP contribution >= 0.6 is 0 Å². The van der Waals surface area contributed by atoms with E-state index in [9.17, 15) is 19.2 Å². The van der Waals surface area contributed by atoms with Gasteiger partial charge < -0.3 is 5.32 Å². The zero-order valence-corrected chi connectivity index (χ0v) is 19.0. The van der Waals surface area contributed by atoms with Gasteiger partial charge in [-0.1, -0.05) is 47.5 Å². The molecule has 0 spiro atoms. The lowest BCUT2D eigenvalue weighted by molar-refractivity contribution is -0.121. The molecule has 7 nitrogen and oxygen atoms in total. The Morgan fingerprint density at radius 3 is 1.56 bits per heavy atom. The van der Waals surface area contributed by atoms with Gasteiger partial charge in [-0.2, -0.15) is 0 Å². The number of hydrogen-bond acceptors (Lipinski definition) is 4. The molecule has 1 fully saturated rings. The zero-order chi connectivity index (χ0) is 24.4. The third-order valence-electron chi connectivity index (χ3n) is 5.38. The van der Waals surface area contributed by atoms with Crippen molar-refractivity contribution in [1.82, 2.24) is 0 Å². The standard InChI is InChI=1S/C27H23N3O4/c1-17-4-12-22(13-5-17)29-25(32)24(16-20-8-10-21(11-9-20)28-19(3)31)26(33)30(27(29)34)23-14-6-18(2)7-15-23/h4-16H,1-3H3,(H,28,31). The normalized spacial score (nSPS) is 13.9. The molecule has 1 N–H and O–H groups in total. The summed E-state index contributed by atoms with van der Waals surface area (Å²) in [5, 5.41) is 2.67. The lowest BCUT2D eigenvalue weighted by atomic mass is 10.0. The van der Waals surface area contributed by atoms with Crippen LogP contribution in [-0.2, 0) is 14.4 Å². The summed E-state index contributed by atoms with van der Waals surface area (Å²) in [5.41, 5.74) is 3.72. The molecule has 1 aliphatic heterocycles.